The van der Waals surface area contributed by atoms with E-state index in [0.29, 0.717) is 51.4 Å². The molecule has 0 radical (unpaired) electrons. The minimum absolute atomic E-state index is 0.109. The van der Waals surface area contributed by atoms with Gasteiger partial charge in [-0.15, -0.1) is 0 Å². The molecule has 0 N–H and O–H groups in total. The number of halogens is 2. The van der Waals surface area contributed by atoms with Crippen LogP contribution in [0.5, 0.6) is 11.5 Å². The molecule has 0 amide bonds. The van der Waals surface area contributed by atoms with Crippen LogP contribution in [0, 0.1) is 11.6 Å². The first-order valence-corrected chi connectivity index (χ1v) is 11.2. The van der Waals surface area contributed by atoms with Crippen molar-refractivity contribution in [2.24, 2.45) is 0 Å². The topological polar surface area (TPSA) is 46.6 Å². The second-order valence-corrected chi connectivity index (χ2v) is 8.07. The van der Waals surface area contributed by atoms with E-state index in [2.05, 4.69) is 6.58 Å². The van der Waals surface area contributed by atoms with Gasteiger partial charge in [0.15, 0.2) is 5.78 Å². The average molecular weight is 476 g/mol. The lowest BCUT2D eigenvalue weighted by atomic mass is 9.99. The van der Waals surface area contributed by atoms with Crippen LogP contribution in [0.4, 0.5) is 14.5 Å². The summed E-state index contributed by atoms with van der Waals surface area (Å²) < 4.78 is 34.4. The van der Waals surface area contributed by atoms with Crippen molar-refractivity contribution >= 4 is 23.8 Å². The van der Waals surface area contributed by atoms with Crippen LogP contribution in [0.15, 0.2) is 72.8 Å². The van der Waals surface area contributed by atoms with Crippen LogP contribution < -0.4 is 9.64 Å². The Kier molecular flexibility index (Phi) is 8.31. The first-order chi connectivity index (χ1) is 16.8. The molecule has 35 heavy (non-hydrogen) atoms. The molecule has 180 valence electrons. The third-order valence-electron chi connectivity index (χ3n) is 5.56. The van der Waals surface area contributed by atoms with Crippen LogP contribution in [-0.4, -0.2) is 19.1 Å². The molecule has 6 heteroatoms. The fraction of sp³-hybridized carbons (Fsp3) is 0.172. The SMILES string of the molecule is C=C(CC)C(=O)c1cc(Oc2ccc(C=O)cc2)ccc1N(C)Cc1c(F)cc(F)cc1C=CC. The van der Waals surface area contributed by atoms with E-state index in [1.807, 2.05) is 6.92 Å². The van der Waals surface area contributed by atoms with Gasteiger partial charge in [-0.1, -0.05) is 25.7 Å². The quantitative estimate of drug-likeness (QED) is 0.174. The Morgan fingerprint density at radius 1 is 1.06 bits per heavy atom. The van der Waals surface area contributed by atoms with Crippen molar-refractivity contribution in [2.45, 2.75) is 26.8 Å². The summed E-state index contributed by atoms with van der Waals surface area (Å²) in [6, 6.07) is 13.8. The molecular formula is C29H27F2NO3. The first-order valence-electron chi connectivity index (χ1n) is 11.2. The lowest BCUT2D eigenvalue weighted by Gasteiger charge is -2.24. The zero-order valence-electron chi connectivity index (χ0n) is 20.0. The minimum Gasteiger partial charge on any atom is -0.457 e. The van der Waals surface area contributed by atoms with Gasteiger partial charge in [-0.3, -0.25) is 9.59 Å². The number of rotatable bonds is 10. The van der Waals surface area contributed by atoms with Gasteiger partial charge in [0, 0.05) is 42.0 Å². The van der Waals surface area contributed by atoms with E-state index in [1.165, 1.54) is 6.07 Å². The molecule has 0 aliphatic heterocycles. The number of ether oxygens (including phenoxy) is 1. The largest absolute Gasteiger partial charge is 0.457 e. The summed E-state index contributed by atoms with van der Waals surface area (Å²) in [6.45, 7) is 7.60. The highest BCUT2D eigenvalue weighted by molar-refractivity contribution is 6.12. The Balaban J connectivity index is 1.99. The fourth-order valence-corrected chi connectivity index (χ4v) is 3.64. The summed E-state index contributed by atoms with van der Waals surface area (Å²) in [5.74, 6) is -0.622. The molecule has 4 nitrogen and oxygen atoms in total. The Morgan fingerprint density at radius 3 is 2.37 bits per heavy atom. The van der Waals surface area contributed by atoms with Crippen LogP contribution in [0.25, 0.3) is 6.08 Å². The van der Waals surface area contributed by atoms with E-state index >= 15 is 0 Å². The summed E-state index contributed by atoms with van der Waals surface area (Å²) in [4.78, 5) is 25.8. The van der Waals surface area contributed by atoms with Crippen LogP contribution in [-0.2, 0) is 6.54 Å². The van der Waals surface area contributed by atoms with Crippen molar-refractivity contribution < 1.29 is 23.1 Å². The molecule has 0 aliphatic rings. The molecule has 3 aromatic carbocycles. The lowest BCUT2D eigenvalue weighted by molar-refractivity contribution is 0.103. The maximum Gasteiger partial charge on any atom is 0.190 e. The number of carbonyl (C=O) groups is 2. The molecule has 3 aromatic rings. The molecule has 0 spiro atoms. The predicted octanol–water partition coefficient (Wildman–Crippen LogP) is 7.39. The first kappa shape index (κ1) is 25.6. The van der Waals surface area contributed by atoms with Crippen molar-refractivity contribution in [1.29, 1.82) is 0 Å². The van der Waals surface area contributed by atoms with Gasteiger partial charge in [0.1, 0.15) is 29.4 Å². The number of anilines is 1. The fourth-order valence-electron chi connectivity index (χ4n) is 3.64. The Hall–Kier alpha value is -4.06. The molecule has 3 rings (SSSR count). The van der Waals surface area contributed by atoms with E-state index in [0.717, 1.165) is 12.4 Å². The smallest absolute Gasteiger partial charge is 0.190 e. The molecule has 0 unspecified atom stereocenters. The van der Waals surface area contributed by atoms with Crippen LogP contribution in [0.3, 0.4) is 0 Å². The third-order valence-corrected chi connectivity index (χ3v) is 5.56. The molecule has 0 fully saturated rings. The monoisotopic (exact) mass is 475 g/mol. The number of aldehydes is 1. The lowest BCUT2D eigenvalue weighted by Crippen LogP contribution is -2.21. The van der Waals surface area contributed by atoms with Crippen molar-refractivity contribution in [3.05, 3.63) is 107 Å². The van der Waals surface area contributed by atoms with Gasteiger partial charge in [-0.05, 0) is 73.0 Å². The Morgan fingerprint density at radius 2 is 1.74 bits per heavy atom. The molecular weight excluding hydrogens is 448 g/mol. The van der Waals surface area contributed by atoms with Crippen LogP contribution >= 0.6 is 0 Å². The minimum atomic E-state index is -0.658. The number of hydrogen-bond donors (Lipinski definition) is 0. The van der Waals surface area contributed by atoms with Crippen molar-refractivity contribution in [1.82, 2.24) is 0 Å². The molecule has 0 saturated carbocycles. The number of benzene rings is 3. The second-order valence-electron chi connectivity index (χ2n) is 8.07. The van der Waals surface area contributed by atoms with Gasteiger partial charge in [0.05, 0.1) is 0 Å². The molecule has 0 heterocycles. The van der Waals surface area contributed by atoms with Crippen molar-refractivity contribution in [2.75, 3.05) is 11.9 Å². The number of ketones is 1. The average Bonchev–Trinajstić information content (AvgIpc) is 2.85. The molecule has 0 bridgehead atoms. The summed E-state index contributed by atoms with van der Waals surface area (Å²) in [6.07, 6.45) is 4.57. The highest BCUT2D eigenvalue weighted by Crippen LogP contribution is 2.32. The Labute approximate surface area is 204 Å². The van der Waals surface area contributed by atoms with E-state index in [-0.39, 0.29) is 12.3 Å². The second kappa shape index (κ2) is 11.4. The zero-order valence-corrected chi connectivity index (χ0v) is 20.0. The van der Waals surface area contributed by atoms with E-state index < -0.39 is 11.6 Å². The number of Topliss-reactive ketones (excluding diaryl/α,β-unsaturated/α-hetero) is 1. The number of allylic oxidation sites excluding steroid dienone is 2. The third kappa shape index (κ3) is 6.09. The van der Waals surface area contributed by atoms with E-state index in [4.69, 9.17) is 4.74 Å². The highest BCUT2D eigenvalue weighted by Gasteiger charge is 2.20. The van der Waals surface area contributed by atoms with Crippen LogP contribution in [0.2, 0.25) is 0 Å². The van der Waals surface area contributed by atoms with Gasteiger partial charge in [0.25, 0.3) is 0 Å². The Bertz CT molecular complexity index is 1280. The predicted molar refractivity (Wildman–Crippen MR) is 135 cm³/mol. The van der Waals surface area contributed by atoms with Crippen molar-refractivity contribution in [3.8, 4) is 11.5 Å². The van der Waals surface area contributed by atoms with Gasteiger partial charge < -0.3 is 9.64 Å². The van der Waals surface area contributed by atoms with Gasteiger partial charge >= 0.3 is 0 Å². The van der Waals surface area contributed by atoms with Crippen molar-refractivity contribution in [3.63, 3.8) is 0 Å². The van der Waals surface area contributed by atoms with E-state index in [1.54, 1.807) is 73.5 Å². The van der Waals surface area contributed by atoms with Crippen LogP contribution in [0.1, 0.15) is 52.1 Å². The summed E-state index contributed by atoms with van der Waals surface area (Å²) >= 11 is 0. The number of hydrogen-bond acceptors (Lipinski definition) is 4. The molecule has 0 saturated heterocycles. The molecule has 0 aromatic heterocycles. The number of carbonyl (C=O) groups excluding carboxylic acids is 2. The van der Waals surface area contributed by atoms with Gasteiger partial charge in [-0.25, -0.2) is 8.78 Å². The summed E-state index contributed by atoms with van der Waals surface area (Å²) in [5.41, 5.74) is 2.61. The maximum absolute atomic E-state index is 14.7. The normalized spacial score (nSPS) is 10.9. The summed E-state index contributed by atoms with van der Waals surface area (Å²) in [5, 5.41) is 0. The standard InChI is InChI=1S/C29H27F2NO3/c1-5-7-21-14-22(30)15-27(31)26(21)17-32(4)28-13-12-24(16-25(28)29(34)19(3)6-2)35-23-10-8-20(18-33)9-11-23/h5,7-16,18H,3,6,17H2,1-2,4H3. The zero-order chi connectivity index (χ0) is 25.5. The molecule has 0 aliphatic carbocycles. The maximum atomic E-state index is 14.7. The number of nitrogens with zero attached hydrogens (tertiary/aromatic N) is 1. The van der Waals surface area contributed by atoms with E-state index in [9.17, 15) is 18.4 Å². The van der Waals surface area contributed by atoms with Gasteiger partial charge in [-0.2, -0.15) is 0 Å². The van der Waals surface area contributed by atoms with Gasteiger partial charge in [0.2, 0.25) is 0 Å². The highest BCUT2D eigenvalue weighted by atomic mass is 19.1. The molecule has 0 atom stereocenters. The summed E-state index contributed by atoms with van der Waals surface area (Å²) in [7, 11) is 1.74.